The number of halogens is 3. The van der Waals surface area contributed by atoms with Crippen molar-refractivity contribution < 1.29 is 0 Å². The summed E-state index contributed by atoms with van der Waals surface area (Å²) in [4.78, 5) is 9.32. The molecule has 0 unspecified atom stereocenters. The molecule has 1 aromatic carbocycles. The number of nitrogens with zero attached hydrogens (tertiary/aromatic N) is 2. The van der Waals surface area contributed by atoms with Gasteiger partial charge in [0, 0.05) is 21.6 Å². The van der Waals surface area contributed by atoms with Gasteiger partial charge < -0.3 is 5.32 Å². The molecule has 0 radical (unpaired) electrons. The van der Waals surface area contributed by atoms with Gasteiger partial charge in [-0.25, -0.2) is 9.97 Å². The van der Waals surface area contributed by atoms with Crippen LogP contribution in [0.3, 0.4) is 0 Å². The number of aryl methyl sites for hydroxylation is 1. The molecule has 0 saturated heterocycles. The Morgan fingerprint density at radius 1 is 1.19 bits per heavy atom. The summed E-state index contributed by atoms with van der Waals surface area (Å²) in [5.41, 5.74) is 1.95. The Hall–Kier alpha value is -0.650. The van der Waals surface area contributed by atoms with Crippen molar-refractivity contribution in [3.05, 3.63) is 37.9 Å². The molecule has 1 N–H and O–H groups in total. The second-order valence-corrected chi connectivity index (χ2v) is 6.64. The van der Waals surface area contributed by atoms with Crippen molar-refractivity contribution in [3.8, 4) is 11.4 Å². The van der Waals surface area contributed by atoms with Gasteiger partial charge in [-0.15, -0.1) is 0 Å². The van der Waals surface area contributed by atoms with E-state index in [-0.39, 0.29) is 0 Å². The predicted molar refractivity (Wildman–Crippen MR) is 96.0 cm³/mol. The first-order chi connectivity index (χ1) is 10.1. The van der Waals surface area contributed by atoms with E-state index in [0.29, 0.717) is 10.8 Å². The van der Waals surface area contributed by atoms with Crippen LogP contribution in [0.1, 0.15) is 26.0 Å². The van der Waals surface area contributed by atoms with Crippen LogP contribution in [0.4, 0.5) is 5.82 Å². The number of nitrogens with one attached hydrogen (secondary N) is 1. The van der Waals surface area contributed by atoms with Crippen molar-refractivity contribution in [2.75, 3.05) is 11.9 Å². The molecule has 1 heterocycles. The minimum atomic E-state index is 0.684. The first-order valence-electron chi connectivity index (χ1n) is 6.82. The molecule has 2 rings (SSSR count). The topological polar surface area (TPSA) is 37.8 Å². The maximum absolute atomic E-state index is 6.00. The average Bonchev–Trinajstić information content (AvgIpc) is 2.43. The second-order valence-electron chi connectivity index (χ2n) is 4.56. The van der Waals surface area contributed by atoms with Crippen molar-refractivity contribution in [1.29, 1.82) is 0 Å². The minimum absolute atomic E-state index is 0.684. The number of rotatable bonds is 5. The van der Waals surface area contributed by atoms with Crippen LogP contribution in [0.2, 0.25) is 5.02 Å². The quantitative estimate of drug-likeness (QED) is 0.657. The summed E-state index contributed by atoms with van der Waals surface area (Å²) < 4.78 is 1.84. The monoisotopic (exact) mass is 431 g/mol. The van der Waals surface area contributed by atoms with Crippen LogP contribution in [0.15, 0.2) is 27.1 Å². The fourth-order valence-electron chi connectivity index (χ4n) is 1.97. The molecule has 0 fully saturated rings. The van der Waals surface area contributed by atoms with Gasteiger partial charge >= 0.3 is 0 Å². The highest BCUT2D eigenvalue weighted by Crippen LogP contribution is 2.32. The highest BCUT2D eigenvalue weighted by molar-refractivity contribution is 9.11. The van der Waals surface area contributed by atoms with E-state index in [1.165, 1.54) is 0 Å². The van der Waals surface area contributed by atoms with Crippen LogP contribution < -0.4 is 5.32 Å². The summed E-state index contributed by atoms with van der Waals surface area (Å²) >= 11 is 13.1. The first-order valence-corrected chi connectivity index (χ1v) is 8.78. The molecule has 0 aliphatic rings. The predicted octanol–water partition coefficient (Wildman–Crippen LogP) is 5.71. The minimum Gasteiger partial charge on any atom is -0.369 e. The lowest BCUT2D eigenvalue weighted by Crippen LogP contribution is -2.06. The van der Waals surface area contributed by atoms with E-state index in [9.17, 15) is 0 Å². The van der Waals surface area contributed by atoms with Gasteiger partial charge in [0.15, 0.2) is 5.82 Å². The molecule has 0 atom stereocenters. The van der Waals surface area contributed by atoms with Crippen molar-refractivity contribution in [1.82, 2.24) is 9.97 Å². The Morgan fingerprint density at radius 3 is 2.57 bits per heavy atom. The summed E-state index contributed by atoms with van der Waals surface area (Å²) in [6.07, 6.45) is 1.93. The average molecular weight is 434 g/mol. The lowest BCUT2D eigenvalue weighted by Gasteiger charge is -2.12. The molecular formula is C15H16Br2ClN3. The zero-order valence-corrected chi connectivity index (χ0v) is 15.8. The van der Waals surface area contributed by atoms with E-state index >= 15 is 0 Å². The molecule has 0 amide bonds. The zero-order chi connectivity index (χ0) is 15.4. The van der Waals surface area contributed by atoms with Crippen molar-refractivity contribution >= 4 is 49.3 Å². The molecule has 0 bridgehead atoms. The van der Waals surface area contributed by atoms with E-state index in [2.05, 4.69) is 49.1 Å². The Kier molecular flexibility index (Phi) is 6.02. The summed E-state index contributed by atoms with van der Waals surface area (Å²) in [5.74, 6) is 1.52. The standard InChI is InChI=1S/C15H16Br2ClN3/c1-3-5-12-13(17)15(19-4-2)21-14(20-12)10-7-6-9(18)8-11(10)16/h6-8H,3-5H2,1-2H3,(H,19,20,21). The highest BCUT2D eigenvalue weighted by Gasteiger charge is 2.14. The van der Waals surface area contributed by atoms with E-state index in [1.807, 2.05) is 25.1 Å². The van der Waals surface area contributed by atoms with Crippen LogP contribution in [-0.2, 0) is 6.42 Å². The zero-order valence-electron chi connectivity index (χ0n) is 11.9. The van der Waals surface area contributed by atoms with E-state index < -0.39 is 0 Å². The van der Waals surface area contributed by atoms with E-state index in [4.69, 9.17) is 16.6 Å². The molecule has 6 heteroatoms. The first kappa shape index (κ1) is 16.7. The molecule has 3 nitrogen and oxygen atoms in total. The fourth-order valence-corrected chi connectivity index (χ4v) is 3.35. The largest absolute Gasteiger partial charge is 0.369 e. The molecular weight excluding hydrogens is 417 g/mol. The highest BCUT2D eigenvalue weighted by atomic mass is 79.9. The molecule has 0 aliphatic heterocycles. The van der Waals surface area contributed by atoms with Gasteiger partial charge in [-0.3, -0.25) is 0 Å². The number of hydrogen-bond donors (Lipinski definition) is 1. The van der Waals surface area contributed by atoms with Crippen molar-refractivity contribution in [3.63, 3.8) is 0 Å². The van der Waals surface area contributed by atoms with Gasteiger partial charge in [0.2, 0.25) is 0 Å². The maximum Gasteiger partial charge on any atom is 0.162 e. The molecule has 0 aliphatic carbocycles. The lowest BCUT2D eigenvalue weighted by atomic mass is 10.2. The van der Waals surface area contributed by atoms with Crippen molar-refractivity contribution in [2.24, 2.45) is 0 Å². The van der Waals surface area contributed by atoms with Crippen LogP contribution >= 0.6 is 43.5 Å². The van der Waals surface area contributed by atoms with E-state index in [0.717, 1.165) is 45.4 Å². The van der Waals surface area contributed by atoms with Crippen LogP contribution in [0.25, 0.3) is 11.4 Å². The smallest absolute Gasteiger partial charge is 0.162 e. The Morgan fingerprint density at radius 2 is 1.95 bits per heavy atom. The third kappa shape index (κ3) is 3.96. The third-order valence-electron chi connectivity index (χ3n) is 2.92. The molecule has 1 aromatic heterocycles. The second kappa shape index (κ2) is 7.56. The van der Waals surface area contributed by atoms with E-state index in [1.54, 1.807) is 0 Å². The number of benzene rings is 1. The molecule has 0 saturated carbocycles. The van der Waals surface area contributed by atoms with Gasteiger partial charge in [-0.1, -0.05) is 24.9 Å². The lowest BCUT2D eigenvalue weighted by molar-refractivity contribution is 0.867. The fraction of sp³-hybridized carbons (Fsp3) is 0.333. The summed E-state index contributed by atoms with van der Waals surface area (Å²) in [6.45, 7) is 4.99. The van der Waals surface area contributed by atoms with Crippen LogP contribution in [0.5, 0.6) is 0 Å². The van der Waals surface area contributed by atoms with Gasteiger partial charge in [0.1, 0.15) is 5.82 Å². The Labute approximate surface area is 146 Å². The maximum atomic E-state index is 6.00. The summed E-state index contributed by atoms with van der Waals surface area (Å²) in [6, 6.07) is 5.63. The summed E-state index contributed by atoms with van der Waals surface area (Å²) in [5, 5.41) is 3.96. The molecule has 0 spiro atoms. The normalized spacial score (nSPS) is 10.7. The Bertz CT molecular complexity index is 620. The third-order valence-corrected chi connectivity index (χ3v) is 4.65. The van der Waals surface area contributed by atoms with Gasteiger partial charge in [0.05, 0.1) is 10.2 Å². The number of hydrogen-bond acceptors (Lipinski definition) is 3. The Balaban J connectivity index is 2.56. The number of anilines is 1. The van der Waals surface area contributed by atoms with Crippen molar-refractivity contribution in [2.45, 2.75) is 26.7 Å². The number of aromatic nitrogens is 2. The van der Waals surface area contributed by atoms with Gasteiger partial charge in [-0.2, -0.15) is 0 Å². The van der Waals surface area contributed by atoms with Gasteiger partial charge in [0.25, 0.3) is 0 Å². The van der Waals surface area contributed by atoms with Crippen LogP contribution in [-0.4, -0.2) is 16.5 Å². The van der Waals surface area contributed by atoms with Crippen LogP contribution in [0, 0.1) is 0 Å². The SMILES string of the molecule is CCCc1nc(-c2ccc(Cl)cc2Br)nc(NCC)c1Br. The summed E-state index contributed by atoms with van der Waals surface area (Å²) in [7, 11) is 0. The molecule has 2 aromatic rings. The molecule has 21 heavy (non-hydrogen) atoms. The molecule has 112 valence electrons. The van der Waals surface area contributed by atoms with Gasteiger partial charge in [-0.05, 0) is 63.4 Å².